The highest BCUT2D eigenvalue weighted by atomic mass is 16.5. The van der Waals surface area contributed by atoms with Crippen molar-refractivity contribution >= 4 is 17.4 Å². The van der Waals surface area contributed by atoms with Crippen LogP contribution in [0.25, 0.3) is 0 Å². The molecule has 0 spiro atoms. The van der Waals surface area contributed by atoms with Gasteiger partial charge in [-0.1, -0.05) is 12.1 Å². The fraction of sp³-hybridized carbons (Fsp3) is 0.182. The van der Waals surface area contributed by atoms with E-state index < -0.39 is 0 Å². The molecule has 0 unspecified atom stereocenters. The average molecular weight is 377 g/mol. The van der Waals surface area contributed by atoms with Crippen molar-refractivity contribution in [2.24, 2.45) is 0 Å². The maximum Gasteiger partial charge on any atom is 0.257 e. The van der Waals surface area contributed by atoms with Gasteiger partial charge in [0.15, 0.2) is 0 Å². The monoisotopic (exact) mass is 377 g/mol. The molecule has 3 aromatic rings. The first-order valence-corrected chi connectivity index (χ1v) is 8.99. The Morgan fingerprint density at radius 1 is 1.04 bits per heavy atom. The zero-order valence-electron chi connectivity index (χ0n) is 15.9. The molecule has 1 aromatic heterocycles. The van der Waals surface area contributed by atoms with Crippen LogP contribution < -0.4 is 20.1 Å². The number of rotatable bonds is 8. The number of methoxy groups -OCH3 is 1. The number of hydrogen-bond acceptors (Lipinski definition) is 5. The molecule has 0 aliphatic rings. The van der Waals surface area contributed by atoms with Crippen LogP contribution in [0.5, 0.6) is 11.5 Å². The molecule has 0 saturated carbocycles. The lowest BCUT2D eigenvalue weighted by atomic mass is 10.2. The summed E-state index contributed by atoms with van der Waals surface area (Å²) in [7, 11) is 1.63. The summed E-state index contributed by atoms with van der Waals surface area (Å²) in [5.41, 5.74) is 2.36. The molecule has 6 nitrogen and oxygen atoms in total. The van der Waals surface area contributed by atoms with Crippen LogP contribution in [0.1, 0.15) is 15.9 Å². The van der Waals surface area contributed by atoms with Gasteiger partial charge in [0.2, 0.25) is 0 Å². The fourth-order valence-corrected chi connectivity index (χ4v) is 2.58. The number of anilines is 2. The first-order chi connectivity index (χ1) is 13.6. The highest BCUT2D eigenvalue weighted by Gasteiger charge is 2.07. The van der Waals surface area contributed by atoms with E-state index in [1.807, 2.05) is 55.5 Å². The Bertz CT molecular complexity index is 909. The molecule has 6 heteroatoms. The lowest BCUT2D eigenvalue weighted by Crippen LogP contribution is -2.14. The molecule has 0 bridgehead atoms. The van der Waals surface area contributed by atoms with Gasteiger partial charge in [-0.25, -0.2) is 4.98 Å². The maximum absolute atomic E-state index is 12.3. The normalized spacial score (nSPS) is 10.2. The largest absolute Gasteiger partial charge is 0.497 e. The van der Waals surface area contributed by atoms with Crippen LogP contribution >= 0.6 is 0 Å². The second-order valence-electron chi connectivity index (χ2n) is 6.21. The number of benzene rings is 2. The number of carbonyl (C=O) groups is 1. The van der Waals surface area contributed by atoms with Gasteiger partial charge in [0, 0.05) is 11.9 Å². The Morgan fingerprint density at radius 2 is 1.82 bits per heavy atom. The minimum absolute atomic E-state index is 0.188. The van der Waals surface area contributed by atoms with Crippen molar-refractivity contribution in [1.29, 1.82) is 0 Å². The molecule has 0 aliphatic heterocycles. The molecule has 28 heavy (non-hydrogen) atoms. The van der Waals surface area contributed by atoms with Crippen molar-refractivity contribution in [3.05, 3.63) is 78.0 Å². The van der Waals surface area contributed by atoms with E-state index in [4.69, 9.17) is 9.47 Å². The number of nitrogens with zero attached hydrogens (tertiary/aromatic N) is 1. The minimum atomic E-state index is -0.188. The lowest BCUT2D eigenvalue weighted by Gasteiger charge is -2.09. The van der Waals surface area contributed by atoms with E-state index in [1.165, 1.54) is 0 Å². The zero-order chi connectivity index (χ0) is 19.8. The lowest BCUT2D eigenvalue weighted by molar-refractivity contribution is 0.102. The van der Waals surface area contributed by atoms with E-state index in [0.717, 1.165) is 22.7 Å². The first kappa shape index (κ1) is 19.2. The first-order valence-electron chi connectivity index (χ1n) is 8.99. The third kappa shape index (κ3) is 5.48. The van der Waals surface area contributed by atoms with E-state index in [0.29, 0.717) is 24.5 Å². The Balaban J connectivity index is 1.45. The molecule has 0 fully saturated rings. The highest BCUT2D eigenvalue weighted by molar-refractivity contribution is 6.04. The Kier molecular flexibility index (Phi) is 6.46. The van der Waals surface area contributed by atoms with Crippen LogP contribution in [0.3, 0.4) is 0 Å². The number of amides is 1. The van der Waals surface area contributed by atoms with E-state index in [-0.39, 0.29) is 5.91 Å². The Morgan fingerprint density at radius 3 is 2.50 bits per heavy atom. The van der Waals surface area contributed by atoms with E-state index in [9.17, 15) is 4.79 Å². The topological polar surface area (TPSA) is 72.5 Å². The number of aromatic nitrogens is 1. The minimum Gasteiger partial charge on any atom is -0.497 e. The molecule has 0 radical (unpaired) electrons. The van der Waals surface area contributed by atoms with Crippen molar-refractivity contribution in [3.63, 3.8) is 0 Å². The smallest absolute Gasteiger partial charge is 0.257 e. The fourth-order valence-electron chi connectivity index (χ4n) is 2.58. The van der Waals surface area contributed by atoms with E-state index >= 15 is 0 Å². The Labute approximate surface area is 164 Å². The number of nitrogens with one attached hydrogen (secondary N) is 2. The molecule has 144 valence electrons. The summed E-state index contributed by atoms with van der Waals surface area (Å²) < 4.78 is 10.8. The number of hydrogen-bond donors (Lipinski definition) is 2. The van der Waals surface area contributed by atoms with Crippen LogP contribution in [-0.4, -0.2) is 31.2 Å². The summed E-state index contributed by atoms with van der Waals surface area (Å²) in [6, 6.07) is 18.6. The van der Waals surface area contributed by atoms with Crippen molar-refractivity contribution < 1.29 is 14.3 Å². The number of carbonyl (C=O) groups excluding carboxylic acids is 1. The van der Waals surface area contributed by atoms with Crippen LogP contribution in [0.15, 0.2) is 66.9 Å². The third-order valence-electron chi connectivity index (χ3n) is 4.04. The van der Waals surface area contributed by atoms with Gasteiger partial charge >= 0.3 is 0 Å². The van der Waals surface area contributed by atoms with Crippen LogP contribution in [0.2, 0.25) is 0 Å². The second-order valence-corrected chi connectivity index (χ2v) is 6.21. The van der Waals surface area contributed by atoms with Gasteiger partial charge in [-0.15, -0.1) is 0 Å². The summed E-state index contributed by atoms with van der Waals surface area (Å²) in [4.78, 5) is 16.6. The van der Waals surface area contributed by atoms with Crippen molar-refractivity contribution in [1.82, 2.24) is 4.98 Å². The summed E-state index contributed by atoms with van der Waals surface area (Å²) in [5, 5.41) is 6.04. The van der Waals surface area contributed by atoms with Crippen LogP contribution in [-0.2, 0) is 0 Å². The summed E-state index contributed by atoms with van der Waals surface area (Å²) in [6.07, 6.45) is 1.55. The van der Waals surface area contributed by atoms with Crippen molar-refractivity contribution in [3.8, 4) is 11.5 Å². The predicted molar refractivity (Wildman–Crippen MR) is 110 cm³/mol. The molecule has 0 aliphatic carbocycles. The second kappa shape index (κ2) is 9.41. The molecular weight excluding hydrogens is 354 g/mol. The van der Waals surface area contributed by atoms with Gasteiger partial charge < -0.3 is 20.1 Å². The number of ether oxygens (including phenoxy) is 2. The average Bonchev–Trinajstić information content (AvgIpc) is 2.72. The molecule has 3 rings (SSSR count). The molecule has 2 N–H and O–H groups in total. The standard InChI is InChI=1S/C22H23N3O3/c1-16-4-3-5-18(14-16)25-22(26)17-6-11-21(24-15-17)23-12-13-28-20-9-7-19(27-2)8-10-20/h3-11,14-15H,12-13H2,1-2H3,(H,23,24)(H,25,26). The number of aryl methyl sites for hydroxylation is 1. The third-order valence-corrected chi connectivity index (χ3v) is 4.04. The number of pyridine rings is 1. The van der Waals surface area contributed by atoms with Gasteiger partial charge in [-0.05, 0) is 61.0 Å². The summed E-state index contributed by atoms with van der Waals surface area (Å²) in [6.45, 7) is 3.06. The highest BCUT2D eigenvalue weighted by Crippen LogP contribution is 2.17. The predicted octanol–water partition coefficient (Wildman–Crippen LogP) is 4.14. The molecular formula is C22H23N3O3. The molecule has 1 heterocycles. The van der Waals surface area contributed by atoms with Crippen LogP contribution in [0.4, 0.5) is 11.5 Å². The quantitative estimate of drug-likeness (QED) is 0.577. The Hall–Kier alpha value is -3.54. The zero-order valence-corrected chi connectivity index (χ0v) is 15.9. The van der Waals surface area contributed by atoms with Crippen molar-refractivity contribution in [2.45, 2.75) is 6.92 Å². The van der Waals surface area contributed by atoms with Crippen LogP contribution in [0, 0.1) is 6.92 Å². The molecule has 0 atom stereocenters. The molecule has 0 saturated heterocycles. The van der Waals surface area contributed by atoms with E-state index in [1.54, 1.807) is 25.4 Å². The van der Waals surface area contributed by atoms with Gasteiger partial charge in [-0.2, -0.15) is 0 Å². The van der Waals surface area contributed by atoms with Crippen molar-refractivity contribution in [2.75, 3.05) is 30.9 Å². The van der Waals surface area contributed by atoms with Gasteiger partial charge in [0.05, 0.1) is 19.2 Å². The van der Waals surface area contributed by atoms with Gasteiger partial charge in [-0.3, -0.25) is 4.79 Å². The van der Waals surface area contributed by atoms with Gasteiger partial charge in [0.25, 0.3) is 5.91 Å². The molecule has 1 amide bonds. The van der Waals surface area contributed by atoms with E-state index in [2.05, 4.69) is 15.6 Å². The summed E-state index contributed by atoms with van der Waals surface area (Å²) in [5.74, 6) is 2.07. The molecule has 2 aromatic carbocycles. The SMILES string of the molecule is COc1ccc(OCCNc2ccc(C(=O)Nc3cccc(C)c3)cn2)cc1. The van der Waals surface area contributed by atoms with Gasteiger partial charge in [0.1, 0.15) is 23.9 Å². The summed E-state index contributed by atoms with van der Waals surface area (Å²) >= 11 is 0. The maximum atomic E-state index is 12.3.